The molecule has 3 aliphatic rings. The number of hydrogen-bond acceptors (Lipinski definition) is 18. The second-order valence-electron chi connectivity index (χ2n) is 22.8. The van der Waals surface area contributed by atoms with Crippen molar-refractivity contribution in [2.45, 2.75) is 298 Å². The molecule has 3 aliphatic heterocycles. The SMILES string of the molecule is CC/C=C\C/C=C\C/C=C\C/C=C\C/C=C\C/C=C\C/C=C\CCCCCC(=O)NC(COC1OC(CO)C(OC2OC(CO)C(OC3OC(CO)C(O)C(O)C3O)C(O)C2O)C(O)C1O)C(O)CCCCCCCCCCCCCCCCC. The molecule has 0 spiro atoms. The molecule has 3 saturated heterocycles. The molecular weight excluding hydrogens is 1090 g/mol. The predicted octanol–water partition coefficient (Wildman–Crippen LogP) is 7.15. The number of carbonyl (C=O) groups excluding carboxylic acids is 1. The number of amides is 1. The van der Waals surface area contributed by atoms with E-state index in [9.17, 15) is 61.0 Å². The van der Waals surface area contributed by atoms with E-state index in [1.807, 2.05) is 0 Å². The lowest BCUT2D eigenvalue weighted by Gasteiger charge is -2.48. The van der Waals surface area contributed by atoms with Crippen LogP contribution in [0.25, 0.3) is 0 Å². The van der Waals surface area contributed by atoms with Crippen LogP contribution >= 0.6 is 0 Å². The maximum atomic E-state index is 13.4. The molecule has 0 saturated carbocycles. The van der Waals surface area contributed by atoms with Crippen molar-refractivity contribution in [1.29, 1.82) is 0 Å². The second kappa shape index (κ2) is 47.9. The molecule has 19 heteroatoms. The normalized spacial score (nSPS) is 29.5. The van der Waals surface area contributed by atoms with E-state index in [0.717, 1.165) is 83.5 Å². The number of allylic oxidation sites excluding steroid dienone is 14. The summed E-state index contributed by atoms with van der Waals surface area (Å²) >= 11 is 0. The number of aliphatic hydroxyl groups is 11. The molecule has 0 aromatic rings. The molecule has 17 atom stereocenters. The Hall–Kier alpha value is -3.03. The third-order valence-electron chi connectivity index (χ3n) is 15.7. The minimum atomic E-state index is -1.98. The molecule has 0 radical (unpaired) electrons. The van der Waals surface area contributed by atoms with Crippen LogP contribution in [0.5, 0.6) is 0 Å². The molecular formula is C66H113NO18. The fraction of sp³-hybridized carbons (Fsp3) is 0.773. The van der Waals surface area contributed by atoms with Crippen molar-refractivity contribution in [2.75, 3.05) is 26.4 Å². The fourth-order valence-electron chi connectivity index (χ4n) is 10.5. The molecule has 3 rings (SSSR count). The highest BCUT2D eigenvalue weighted by molar-refractivity contribution is 5.76. The van der Waals surface area contributed by atoms with Crippen molar-refractivity contribution in [3.63, 3.8) is 0 Å². The molecule has 85 heavy (non-hydrogen) atoms. The van der Waals surface area contributed by atoms with Gasteiger partial charge in [0.15, 0.2) is 18.9 Å². The van der Waals surface area contributed by atoms with Crippen LogP contribution in [0, 0.1) is 0 Å². The first-order valence-corrected chi connectivity index (χ1v) is 32.3. The van der Waals surface area contributed by atoms with Gasteiger partial charge in [-0.3, -0.25) is 4.79 Å². The van der Waals surface area contributed by atoms with E-state index in [1.54, 1.807) is 0 Å². The number of aliphatic hydroxyl groups excluding tert-OH is 11. The Kier molecular flexibility index (Phi) is 43.0. The highest BCUT2D eigenvalue weighted by atomic mass is 16.8. The van der Waals surface area contributed by atoms with Crippen LogP contribution < -0.4 is 5.32 Å². The summed E-state index contributed by atoms with van der Waals surface area (Å²) in [4.78, 5) is 13.4. The molecule has 0 aliphatic carbocycles. The lowest BCUT2D eigenvalue weighted by Crippen LogP contribution is -2.66. The van der Waals surface area contributed by atoms with E-state index in [4.69, 9.17) is 28.4 Å². The van der Waals surface area contributed by atoms with Crippen LogP contribution in [0.1, 0.15) is 194 Å². The van der Waals surface area contributed by atoms with Gasteiger partial charge in [0.05, 0.1) is 38.6 Å². The zero-order valence-corrected chi connectivity index (χ0v) is 51.3. The molecule has 0 aromatic carbocycles. The van der Waals surface area contributed by atoms with Crippen molar-refractivity contribution < 1.29 is 89.4 Å². The number of nitrogens with one attached hydrogen (secondary N) is 1. The van der Waals surface area contributed by atoms with Crippen molar-refractivity contribution in [3.8, 4) is 0 Å². The van der Waals surface area contributed by atoms with Gasteiger partial charge >= 0.3 is 0 Å². The summed E-state index contributed by atoms with van der Waals surface area (Å²) in [6, 6.07) is -0.911. The average molecular weight is 1210 g/mol. The Bertz CT molecular complexity index is 1880. The van der Waals surface area contributed by atoms with Gasteiger partial charge in [-0.2, -0.15) is 0 Å². The van der Waals surface area contributed by atoms with Crippen LogP contribution in [-0.4, -0.2) is 193 Å². The number of carbonyl (C=O) groups is 1. The smallest absolute Gasteiger partial charge is 0.220 e. The van der Waals surface area contributed by atoms with E-state index < -0.39 is 124 Å². The van der Waals surface area contributed by atoms with Gasteiger partial charge in [-0.05, 0) is 70.6 Å². The molecule has 19 nitrogen and oxygen atoms in total. The molecule has 3 fully saturated rings. The van der Waals surface area contributed by atoms with E-state index >= 15 is 0 Å². The highest BCUT2D eigenvalue weighted by Gasteiger charge is 2.53. The summed E-state index contributed by atoms with van der Waals surface area (Å²) in [6.45, 7) is 1.64. The Morgan fingerprint density at radius 1 is 0.435 bits per heavy atom. The summed E-state index contributed by atoms with van der Waals surface area (Å²) in [5.41, 5.74) is 0. The molecule has 0 bridgehead atoms. The molecule has 1 amide bonds. The predicted molar refractivity (Wildman–Crippen MR) is 328 cm³/mol. The number of rotatable bonds is 47. The van der Waals surface area contributed by atoms with Gasteiger partial charge in [0.2, 0.25) is 5.91 Å². The summed E-state index contributed by atoms with van der Waals surface area (Å²) < 4.78 is 34.3. The number of ether oxygens (including phenoxy) is 6. The summed E-state index contributed by atoms with van der Waals surface area (Å²) in [5, 5.41) is 120. The maximum absolute atomic E-state index is 13.4. The number of hydrogen-bond donors (Lipinski definition) is 12. The quantitative estimate of drug-likeness (QED) is 0.0213. The van der Waals surface area contributed by atoms with Crippen molar-refractivity contribution in [3.05, 3.63) is 85.1 Å². The van der Waals surface area contributed by atoms with Gasteiger partial charge in [-0.1, -0.05) is 202 Å². The van der Waals surface area contributed by atoms with Crippen LogP contribution in [-0.2, 0) is 33.2 Å². The van der Waals surface area contributed by atoms with Crippen LogP contribution in [0.3, 0.4) is 0 Å². The van der Waals surface area contributed by atoms with Crippen molar-refractivity contribution >= 4 is 5.91 Å². The Morgan fingerprint density at radius 3 is 1.26 bits per heavy atom. The fourth-order valence-corrected chi connectivity index (χ4v) is 10.5. The minimum Gasteiger partial charge on any atom is -0.394 e. The Labute approximate surface area is 508 Å². The largest absolute Gasteiger partial charge is 0.394 e. The molecule has 0 aromatic heterocycles. The van der Waals surface area contributed by atoms with Crippen LogP contribution in [0.2, 0.25) is 0 Å². The Morgan fingerprint density at radius 2 is 0.812 bits per heavy atom. The van der Waals surface area contributed by atoms with Gasteiger partial charge < -0.3 is 89.9 Å². The van der Waals surface area contributed by atoms with Crippen LogP contribution in [0.15, 0.2) is 85.1 Å². The molecule has 3 heterocycles. The average Bonchev–Trinajstić information content (AvgIpc) is 3.63. The van der Waals surface area contributed by atoms with Crippen LogP contribution in [0.4, 0.5) is 0 Å². The minimum absolute atomic E-state index is 0.221. The molecule has 490 valence electrons. The van der Waals surface area contributed by atoms with E-state index in [0.29, 0.717) is 19.3 Å². The summed E-state index contributed by atoms with van der Waals surface area (Å²) in [7, 11) is 0. The number of unbranched alkanes of at least 4 members (excludes halogenated alkanes) is 17. The standard InChI is InChI=1S/C66H113NO18/c1-3-5-7-9-11-13-15-17-19-20-21-22-23-24-25-26-27-28-30-32-34-36-38-40-42-44-54(72)67-49(50(71)43-41-39-37-35-33-31-29-18-16-14-12-10-8-6-4-2)48-80-64-60(78)57(75)62(52(46-69)82-64)85-66-61(79)58(76)63(53(47-70)83-66)84-65-59(77)56(74)55(73)51(45-68)81-65/h5,7,11,13,17,19,21-22,24-25,27-28,32,34,49-53,55-66,68-71,73-79H,3-4,6,8-10,12,14-16,18,20,23,26,29-31,33,35-48H2,1-2H3,(H,67,72)/b7-5-,13-11-,19-17-,22-21-,25-24-,28-27-,34-32-. The zero-order valence-electron chi connectivity index (χ0n) is 51.3. The molecule has 17 unspecified atom stereocenters. The highest BCUT2D eigenvalue weighted by Crippen LogP contribution is 2.33. The first-order chi connectivity index (χ1) is 41.3. The monoisotopic (exact) mass is 1210 g/mol. The lowest BCUT2D eigenvalue weighted by atomic mass is 9.96. The Balaban J connectivity index is 1.47. The van der Waals surface area contributed by atoms with Crippen molar-refractivity contribution in [1.82, 2.24) is 5.32 Å². The zero-order chi connectivity index (χ0) is 61.9. The second-order valence-corrected chi connectivity index (χ2v) is 22.8. The first-order valence-electron chi connectivity index (χ1n) is 32.3. The van der Waals surface area contributed by atoms with Gasteiger partial charge in [0.1, 0.15) is 73.2 Å². The van der Waals surface area contributed by atoms with E-state index in [1.165, 1.54) is 70.6 Å². The summed E-state index contributed by atoms with van der Waals surface area (Å²) in [6.07, 6.45) is 32.3. The van der Waals surface area contributed by atoms with E-state index in [-0.39, 0.29) is 18.9 Å². The van der Waals surface area contributed by atoms with Gasteiger partial charge in [0, 0.05) is 6.42 Å². The third kappa shape index (κ3) is 30.8. The van der Waals surface area contributed by atoms with E-state index in [2.05, 4.69) is 104 Å². The lowest BCUT2D eigenvalue weighted by molar-refractivity contribution is -0.379. The topological polar surface area (TPSA) is 307 Å². The third-order valence-corrected chi connectivity index (χ3v) is 15.7. The van der Waals surface area contributed by atoms with Gasteiger partial charge in [0.25, 0.3) is 0 Å². The van der Waals surface area contributed by atoms with Crippen molar-refractivity contribution in [2.24, 2.45) is 0 Å². The summed E-state index contributed by atoms with van der Waals surface area (Å²) in [5.74, 6) is -0.278. The molecule has 12 N–H and O–H groups in total. The maximum Gasteiger partial charge on any atom is 0.220 e. The van der Waals surface area contributed by atoms with Gasteiger partial charge in [-0.25, -0.2) is 0 Å². The van der Waals surface area contributed by atoms with Gasteiger partial charge in [-0.15, -0.1) is 0 Å². The first kappa shape index (κ1) is 76.2.